The minimum absolute atomic E-state index is 0.856. The van der Waals surface area contributed by atoms with Crippen molar-refractivity contribution in [3.05, 3.63) is 23.0 Å². The third kappa shape index (κ3) is 1.33. The van der Waals surface area contributed by atoms with Crippen molar-refractivity contribution in [3.8, 4) is 11.5 Å². The van der Waals surface area contributed by atoms with E-state index >= 15 is 0 Å². The van der Waals surface area contributed by atoms with E-state index in [0.29, 0.717) is 0 Å². The number of rotatable bonds is 0. The van der Waals surface area contributed by atoms with Crippen LogP contribution in [0.4, 0.5) is 0 Å². The highest BCUT2D eigenvalue weighted by Crippen LogP contribution is 2.07. The van der Waals surface area contributed by atoms with Gasteiger partial charge in [0, 0.05) is 0 Å². The van der Waals surface area contributed by atoms with Crippen LogP contribution in [0, 0.1) is 11.5 Å². The molecule has 0 aromatic carbocycles. The molecule has 0 N–H and O–H groups in total. The standard InChI is InChI=1S/C8H10Si/c1-3-6-9-7-4-5-8(9)2/h4-5,7,9H,1-2H3. The molecule has 9 heavy (non-hydrogen) atoms. The summed E-state index contributed by atoms with van der Waals surface area (Å²) in [6.07, 6.45) is 4.29. The Morgan fingerprint density at radius 2 is 2.33 bits per heavy atom. The first kappa shape index (κ1) is 6.38. The predicted octanol–water partition coefficient (Wildman–Crippen LogP) is 1.37. The molecular formula is C8H10Si. The third-order valence-electron chi connectivity index (χ3n) is 1.45. The van der Waals surface area contributed by atoms with Gasteiger partial charge in [-0.3, -0.25) is 0 Å². The van der Waals surface area contributed by atoms with E-state index in [4.69, 9.17) is 0 Å². The van der Waals surface area contributed by atoms with Gasteiger partial charge >= 0.3 is 0 Å². The van der Waals surface area contributed by atoms with E-state index in [2.05, 4.69) is 36.2 Å². The highest BCUT2D eigenvalue weighted by Gasteiger charge is 2.07. The highest BCUT2D eigenvalue weighted by atomic mass is 28.3. The van der Waals surface area contributed by atoms with E-state index in [-0.39, 0.29) is 0 Å². The smallest absolute Gasteiger partial charge is 0.125 e. The van der Waals surface area contributed by atoms with Crippen molar-refractivity contribution in [1.82, 2.24) is 0 Å². The molecule has 0 amide bonds. The molecule has 46 valence electrons. The van der Waals surface area contributed by atoms with Crippen LogP contribution in [0.25, 0.3) is 0 Å². The molecular weight excluding hydrogens is 124 g/mol. The minimum atomic E-state index is -0.856. The number of hydrogen-bond acceptors (Lipinski definition) is 0. The Balaban J connectivity index is 2.70. The van der Waals surface area contributed by atoms with Crippen LogP contribution in [0.15, 0.2) is 23.0 Å². The number of hydrogen-bond donors (Lipinski definition) is 0. The summed E-state index contributed by atoms with van der Waals surface area (Å²) < 4.78 is 0. The fourth-order valence-corrected chi connectivity index (χ4v) is 2.48. The highest BCUT2D eigenvalue weighted by molar-refractivity contribution is 6.80. The van der Waals surface area contributed by atoms with E-state index in [1.807, 2.05) is 6.92 Å². The lowest BCUT2D eigenvalue weighted by Gasteiger charge is -1.94. The van der Waals surface area contributed by atoms with Gasteiger partial charge < -0.3 is 0 Å². The first-order valence-electron chi connectivity index (χ1n) is 3.12. The second-order valence-corrected chi connectivity index (χ2v) is 4.71. The van der Waals surface area contributed by atoms with Gasteiger partial charge in [0.25, 0.3) is 0 Å². The predicted molar refractivity (Wildman–Crippen MR) is 43.5 cm³/mol. The van der Waals surface area contributed by atoms with Crippen LogP contribution in [0.3, 0.4) is 0 Å². The maximum atomic E-state index is 3.23. The lowest BCUT2D eigenvalue weighted by Crippen LogP contribution is -2.05. The zero-order valence-corrected chi connectivity index (χ0v) is 6.96. The molecule has 1 rings (SSSR count). The summed E-state index contributed by atoms with van der Waals surface area (Å²) in [6.45, 7) is 4.08. The quantitative estimate of drug-likeness (QED) is 0.347. The van der Waals surface area contributed by atoms with Gasteiger partial charge in [-0.1, -0.05) is 23.0 Å². The second-order valence-electron chi connectivity index (χ2n) is 2.17. The van der Waals surface area contributed by atoms with E-state index in [0.717, 1.165) is 0 Å². The normalized spacial score (nSPS) is 22.9. The van der Waals surface area contributed by atoms with Crippen molar-refractivity contribution in [3.63, 3.8) is 0 Å². The third-order valence-corrected chi connectivity index (χ3v) is 3.83. The molecule has 0 fully saturated rings. The lowest BCUT2D eigenvalue weighted by molar-refractivity contribution is 1.66. The van der Waals surface area contributed by atoms with Gasteiger partial charge in [0.15, 0.2) is 8.80 Å². The SMILES string of the molecule is CC#C[SiH]1C=CC=C1C. The molecule has 1 atom stereocenters. The van der Waals surface area contributed by atoms with E-state index in [9.17, 15) is 0 Å². The van der Waals surface area contributed by atoms with E-state index in [1.165, 1.54) is 5.20 Å². The van der Waals surface area contributed by atoms with Gasteiger partial charge in [-0.2, -0.15) is 0 Å². The van der Waals surface area contributed by atoms with Gasteiger partial charge in [0.2, 0.25) is 0 Å². The Labute approximate surface area is 57.9 Å². The van der Waals surface area contributed by atoms with E-state index < -0.39 is 8.80 Å². The zero-order valence-electron chi connectivity index (χ0n) is 5.81. The van der Waals surface area contributed by atoms with Gasteiger partial charge in [0.05, 0.1) is 0 Å². The molecule has 0 spiro atoms. The van der Waals surface area contributed by atoms with E-state index in [1.54, 1.807) is 0 Å². The van der Waals surface area contributed by atoms with Crippen molar-refractivity contribution in [2.24, 2.45) is 0 Å². The fraction of sp³-hybridized carbons (Fsp3) is 0.250. The Hall–Kier alpha value is -0.743. The van der Waals surface area contributed by atoms with Crippen LogP contribution < -0.4 is 0 Å². The monoisotopic (exact) mass is 134 g/mol. The first-order chi connectivity index (χ1) is 4.34. The minimum Gasteiger partial charge on any atom is -0.125 e. The molecule has 0 aromatic rings. The van der Waals surface area contributed by atoms with Crippen LogP contribution in [0.5, 0.6) is 0 Å². The molecule has 0 nitrogen and oxygen atoms in total. The summed E-state index contributed by atoms with van der Waals surface area (Å²) in [6, 6.07) is 0. The lowest BCUT2D eigenvalue weighted by atomic mass is 10.5. The van der Waals surface area contributed by atoms with Gasteiger partial charge in [-0.15, -0.1) is 11.5 Å². The first-order valence-corrected chi connectivity index (χ1v) is 4.94. The summed E-state index contributed by atoms with van der Waals surface area (Å²) in [7, 11) is -0.856. The summed E-state index contributed by atoms with van der Waals surface area (Å²) in [4.78, 5) is 0. The Kier molecular flexibility index (Phi) is 1.91. The molecule has 0 aromatic heterocycles. The molecule has 1 heteroatoms. The Morgan fingerprint density at radius 3 is 2.78 bits per heavy atom. The van der Waals surface area contributed by atoms with Crippen molar-refractivity contribution >= 4 is 8.80 Å². The van der Waals surface area contributed by atoms with Crippen LogP contribution >= 0.6 is 0 Å². The molecule has 1 aliphatic heterocycles. The van der Waals surface area contributed by atoms with Crippen LogP contribution in [0.1, 0.15) is 13.8 Å². The topological polar surface area (TPSA) is 0 Å². The molecule has 0 saturated heterocycles. The van der Waals surface area contributed by atoms with Crippen LogP contribution in [-0.2, 0) is 0 Å². The molecule has 0 bridgehead atoms. The maximum Gasteiger partial charge on any atom is 0.172 e. The fourth-order valence-electron chi connectivity index (χ4n) is 0.891. The van der Waals surface area contributed by atoms with Crippen molar-refractivity contribution < 1.29 is 0 Å². The average molecular weight is 134 g/mol. The Morgan fingerprint density at radius 1 is 1.56 bits per heavy atom. The largest absolute Gasteiger partial charge is 0.172 e. The molecule has 1 aliphatic rings. The van der Waals surface area contributed by atoms with Crippen molar-refractivity contribution in [1.29, 1.82) is 0 Å². The van der Waals surface area contributed by atoms with Crippen LogP contribution in [0.2, 0.25) is 0 Å². The summed E-state index contributed by atoms with van der Waals surface area (Å²) >= 11 is 0. The van der Waals surface area contributed by atoms with Crippen molar-refractivity contribution in [2.45, 2.75) is 13.8 Å². The van der Waals surface area contributed by atoms with Crippen LogP contribution in [-0.4, -0.2) is 8.80 Å². The number of allylic oxidation sites excluding steroid dienone is 3. The second kappa shape index (κ2) is 2.70. The van der Waals surface area contributed by atoms with Gasteiger partial charge in [-0.05, 0) is 13.8 Å². The average Bonchev–Trinajstić information content (AvgIpc) is 2.18. The molecule has 1 heterocycles. The molecule has 0 radical (unpaired) electrons. The van der Waals surface area contributed by atoms with Gasteiger partial charge in [-0.25, -0.2) is 0 Å². The molecule has 0 saturated carbocycles. The Bertz CT molecular complexity index is 212. The summed E-state index contributed by atoms with van der Waals surface area (Å²) in [5, 5.41) is 1.49. The molecule has 0 aliphatic carbocycles. The van der Waals surface area contributed by atoms with Crippen molar-refractivity contribution in [2.75, 3.05) is 0 Å². The maximum absolute atomic E-state index is 3.23. The zero-order chi connectivity index (χ0) is 6.69. The molecule has 1 unspecified atom stereocenters. The summed E-state index contributed by atoms with van der Waals surface area (Å²) in [5.74, 6) is 2.96. The van der Waals surface area contributed by atoms with Gasteiger partial charge in [0.1, 0.15) is 0 Å². The summed E-state index contributed by atoms with van der Waals surface area (Å²) in [5.41, 5.74) is 5.48.